The number of hydrogen-bond donors (Lipinski definition) is 1. The molecule has 0 saturated carbocycles. The molecule has 2 heterocycles. The largest absolute Gasteiger partial charge is 0.495 e. The number of benzene rings is 3. The summed E-state index contributed by atoms with van der Waals surface area (Å²) in [6.45, 7) is 0.878. The minimum Gasteiger partial charge on any atom is -0.495 e. The molecular formula is C28H26N2O5S. The van der Waals surface area contributed by atoms with E-state index in [1.165, 1.54) is 0 Å². The average molecular weight is 503 g/mol. The van der Waals surface area contributed by atoms with Crippen molar-refractivity contribution in [3.05, 3.63) is 89.0 Å². The molecule has 8 heteroatoms. The molecule has 0 aromatic heterocycles. The van der Waals surface area contributed by atoms with E-state index in [0.29, 0.717) is 38.2 Å². The maximum absolute atomic E-state index is 13.0. The van der Waals surface area contributed by atoms with E-state index in [1.807, 2.05) is 66.7 Å². The van der Waals surface area contributed by atoms with E-state index in [2.05, 4.69) is 5.32 Å². The van der Waals surface area contributed by atoms with E-state index < -0.39 is 5.25 Å². The van der Waals surface area contributed by atoms with Gasteiger partial charge in [0.25, 0.3) is 5.24 Å². The summed E-state index contributed by atoms with van der Waals surface area (Å²) in [6, 6.07) is 21.5. The van der Waals surface area contributed by atoms with Crippen LogP contribution in [0.2, 0.25) is 0 Å². The molecule has 0 spiro atoms. The minimum atomic E-state index is -0.468. The summed E-state index contributed by atoms with van der Waals surface area (Å²) >= 11 is 1.01. The summed E-state index contributed by atoms with van der Waals surface area (Å²) < 4.78 is 11.5. The fraction of sp³-hybridized carbons (Fsp3) is 0.250. The fourth-order valence-electron chi connectivity index (χ4n) is 4.59. The van der Waals surface area contributed by atoms with Crippen LogP contribution in [0.5, 0.6) is 11.5 Å². The number of ether oxygens (including phenoxy) is 2. The molecule has 5 rings (SSSR count). The molecule has 0 aliphatic carbocycles. The van der Waals surface area contributed by atoms with Gasteiger partial charge < -0.3 is 14.4 Å². The molecule has 3 aromatic carbocycles. The maximum Gasteiger partial charge on any atom is 0.286 e. The summed E-state index contributed by atoms with van der Waals surface area (Å²) in [5.41, 5.74) is 4.75. The normalized spacial score (nSPS) is 17.1. The van der Waals surface area contributed by atoms with E-state index in [-0.39, 0.29) is 17.1 Å². The van der Waals surface area contributed by atoms with Crippen LogP contribution in [0.3, 0.4) is 0 Å². The Bertz CT molecular complexity index is 1290. The van der Waals surface area contributed by atoms with Crippen molar-refractivity contribution in [1.82, 2.24) is 5.32 Å². The summed E-state index contributed by atoms with van der Waals surface area (Å²) in [5, 5.41) is 1.56. The lowest BCUT2D eigenvalue weighted by Crippen LogP contribution is -2.35. The van der Waals surface area contributed by atoms with Gasteiger partial charge in [-0.2, -0.15) is 0 Å². The van der Waals surface area contributed by atoms with E-state index in [0.717, 1.165) is 45.5 Å². The third-order valence-corrected chi connectivity index (χ3v) is 7.39. The third-order valence-electron chi connectivity index (χ3n) is 6.41. The van der Waals surface area contributed by atoms with Crippen molar-refractivity contribution in [2.45, 2.75) is 37.7 Å². The van der Waals surface area contributed by atoms with Crippen molar-refractivity contribution in [2.75, 3.05) is 12.0 Å². The summed E-state index contributed by atoms with van der Waals surface area (Å²) in [4.78, 5) is 38.6. The number of methoxy groups -OCH3 is 1. The van der Waals surface area contributed by atoms with Crippen LogP contribution >= 0.6 is 11.8 Å². The molecule has 1 atom stereocenters. The van der Waals surface area contributed by atoms with Gasteiger partial charge in [-0.15, -0.1) is 0 Å². The molecule has 1 saturated heterocycles. The van der Waals surface area contributed by atoms with Gasteiger partial charge in [-0.05, 0) is 53.3 Å². The van der Waals surface area contributed by atoms with Crippen LogP contribution in [-0.2, 0) is 35.6 Å². The zero-order valence-corrected chi connectivity index (χ0v) is 20.7. The van der Waals surface area contributed by atoms with Gasteiger partial charge in [-0.1, -0.05) is 60.3 Å². The van der Waals surface area contributed by atoms with Gasteiger partial charge in [0.05, 0.1) is 24.6 Å². The highest BCUT2D eigenvalue weighted by Gasteiger charge is 2.34. The standard InChI is InChI=1S/C28H26N2O5S/c1-34-23-13-9-20(15-24-27(32)29-28(33)36-24)22-12-14-25(31)30(26(22)23)16-18-7-10-21(11-8-18)35-17-19-5-3-2-4-6-19/h2-11,13,24H,12,14-17H2,1H3,(H,29,32,33). The second-order valence-corrected chi connectivity index (χ2v) is 9.92. The first-order chi connectivity index (χ1) is 17.5. The van der Waals surface area contributed by atoms with Crippen molar-refractivity contribution in [1.29, 1.82) is 0 Å². The molecule has 0 bridgehead atoms. The second-order valence-electron chi connectivity index (χ2n) is 8.74. The Labute approximate surface area is 213 Å². The van der Waals surface area contributed by atoms with Crippen molar-refractivity contribution in [3.8, 4) is 11.5 Å². The van der Waals surface area contributed by atoms with Crippen LogP contribution in [0.15, 0.2) is 66.7 Å². The SMILES string of the molecule is COc1ccc(CC2SC(=O)NC2=O)c2c1N(Cc1ccc(OCc3ccccc3)cc1)C(=O)CC2. The highest BCUT2D eigenvalue weighted by molar-refractivity contribution is 8.15. The highest BCUT2D eigenvalue weighted by atomic mass is 32.2. The van der Waals surface area contributed by atoms with Crippen LogP contribution in [-0.4, -0.2) is 29.4 Å². The number of nitrogens with zero attached hydrogens (tertiary/aromatic N) is 1. The third kappa shape index (κ3) is 5.09. The van der Waals surface area contributed by atoms with E-state index in [4.69, 9.17) is 9.47 Å². The first-order valence-electron chi connectivity index (χ1n) is 11.8. The number of carbonyl (C=O) groups is 3. The Balaban J connectivity index is 1.36. The number of carbonyl (C=O) groups excluding carboxylic acids is 3. The first kappa shape index (κ1) is 23.9. The number of nitrogens with one attached hydrogen (secondary N) is 1. The van der Waals surface area contributed by atoms with Gasteiger partial charge >= 0.3 is 0 Å². The van der Waals surface area contributed by atoms with Crippen molar-refractivity contribution < 1.29 is 23.9 Å². The molecule has 0 radical (unpaired) electrons. The number of amides is 3. The monoisotopic (exact) mass is 502 g/mol. The maximum atomic E-state index is 13.0. The topological polar surface area (TPSA) is 84.9 Å². The lowest BCUT2D eigenvalue weighted by Gasteiger charge is -2.32. The Hall–Kier alpha value is -3.78. The molecule has 7 nitrogen and oxygen atoms in total. The van der Waals surface area contributed by atoms with Gasteiger partial charge in [-0.3, -0.25) is 19.7 Å². The second kappa shape index (κ2) is 10.5. The van der Waals surface area contributed by atoms with E-state index in [9.17, 15) is 14.4 Å². The molecule has 2 aliphatic rings. The lowest BCUT2D eigenvalue weighted by molar-refractivity contribution is -0.119. The van der Waals surface area contributed by atoms with Gasteiger partial charge in [0.2, 0.25) is 11.8 Å². The smallest absolute Gasteiger partial charge is 0.286 e. The Kier molecular flexibility index (Phi) is 6.95. The molecular weight excluding hydrogens is 476 g/mol. The number of hydrogen-bond acceptors (Lipinski definition) is 6. The average Bonchev–Trinajstić information content (AvgIpc) is 3.22. The first-order valence-corrected chi connectivity index (χ1v) is 12.7. The summed E-state index contributed by atoms with van der Waals surface area (Å²) in [7, 11) is 1.59. The highest BCUT2D eigenvalue weighted by Crippen LogP contribution is 2.41. The number of rotatable bonds is 8. The fourth-order valence-corrected chi connectivity index (χ4v) is 5.43. The van der Waals surface area contributed by atoms with E-state index in [1.54, 1.807) is 12.0 Å². The van der Waals surface area contributed by atoms with Crippen molar-refractivity contribution >= 4 is 34.5 Å². The predicted molar refractivity (Wildman–Crippen MR) is 138 cm³/mol. The van der Waals surface area contributed by atoms with E-state index >= 15 is 0 Å². The Morgan fingerprint density at radius 3 is 2.42 bits per heavy atom. The van der Waals surface area contributed by atoms with Gasteiger partial charge in [0, 0.05) is 6.42 Å². The lowest BCUT2D eigenvalue weighted by atomic mass is 9.92. The molecule has 2 aliphatic heterocycles. The van der Waals surface area contributed by atoms with Crippen LogP contribution in [0.25, 0.3) is 0 Å². The molecule has 3 amide bonds. The summed E-state index contributed by atoms with van der Waals surface area (Å²) in [6.07, 6.45) is 1.36. The number of imide groups is 1. The van der Waals surface area contributed by atoms with Crippen LogP contribution < -0.4 is 19.7 Å². The number of anilines is 1. The summed E-state index contributed by atoms with van der Waals surface area (Å²) in [5.74, 6) is 1.12. The van der Waals surface area contributed by atoms with Crippen LogP contribution in [0.4, 0.5) is 10.5 Å². The van der Waals surface area contributed by atoms with Crippen LogP contribution in [0, 0.1) is 0 Å². The quantitative estimate of drug-likeness (QED) is 0.483. The molecule has 1 N–H and O–H groups in total. The van der Waals surface area contributed by atoms with Crippen LogP contribution in [0.1, 0.15) is 28.7 Å². The molecule has 1 unspecified atom stereocenters. The Morgan fingerprint density at radius 1 is 0.944 bits per heavy atom. The Morgan fingerprint density at radius 2 is 1.72 bits per heavy atom. The molecule has 184 valence electrons. The van der Waals surface area contributed by atoms with Crippen molar-refractivity contribution in [3.63, 3.8) is 0 Å². The van der Waals surface area contributed by atoms with Gasteiger partial charge in [-0.25, -0.2) is 0 Å². The zero-order chi connectivity index (χ0) is 25.1. The number of fused-ring (bicyclic) bond motifs is 1. The van der Waals surface area contributed by atoms with Gasteiger partial charge in [0.15, 0.2) is 0 Å². The molecule has 3 aromatic rings. The number of thioether (sulfide) groups is 1. The predicted octanol–water partition coefficient (Wildman–Crippen LogP) is 4.65. The minimum absolute atomic E-state index is 0.0190. The van der Waals surface area contributed by atoms with Crippen molar-refractivity contribution in [2.24, 2.45) is 0 Å². The van der Waals surface area contributed by atoms with Gasteiger partial charge in [0.1, 0.15) is 18.1 Å². The molecule has 1 fully saturated rings. The zero-order valence-electron chi connectivity index (χ0n) is 19.9. The molecule has 36 heavy (non-hydrogen) atoms.